The molecule has 0 aromatic heterocycles. The second kappa shape index (κ2) is 10.8. The Hall–Kier alpha value is -0.280. The van der Waals surface area contributed by atoms with Crippen molar-refractivity contribution in [2.24, 2.45) is 58.0 Å². The molecule has 1 amide bonds. The monoisotopic (exact) mass is 480 g/mol. The Morgan fingerprint density at radius 2 is 1.73 bits per heavy atom. The van der Waals surface area contributed by atoms with E-state index >= 15 is 0 Å². The standard InChI is InChI=1S/C29H52N2O.ClH/c1-19(2)8-6-9-20(3)23-14-15-24-22-13-12-21-10-7-11-26(31-27(32)18-30)29(21,5)25(22)16-17-28(23,24)4;/h19-26H,6-18,30H2,1-5H3,(H,31,32);1H/t20-,21?,22+,23-,24+,25+,26?,28-,29+;/m1./s1. The summed E-state index contributed by atoms with van der Waals surface area (Å²) in [5, 5.41) is 3.41. The largest absolute Gasteiger partial charge is 0.352 e. The van der Waals surface area contributed by atoms with Gasteiger partial charge in [-0.15, -0.1) is 12.4 Å². The van der Waals surface area contributed by atoms with Crippen LogP contribution in [-0.2, 0) is 4.79 Å². The molecular weight excluding hydrogens is 428 g/mol. The van der Waals surface area contributed by atoms with Gasteiger partial charge in [-0.2, -0.15) is 0 Å². The van der Waals surface area contributed by atoms with Crippen molar-refractivity contribution in [3.8, 4) is 0 Å². The molecule has 9 atom stereocenters. The van der Waals surface area contributed by atoms with Gasteiger partial charge < -0.3 is 11.1 Å². The number of rotatable bonds is 7. The van der Waals surface area contributed by atoms with E-state index in [1.807, 2.05) is 0 Å². The van der Waals surface area contributed by atoms with E-state index in [-0.39, 0.29) is 30.3 Å². The maximum absolute atomic E-state index is 12.3. The number of halogens is 1. The highest BCUT2D eigenvalue weighted by atomic mass is 35.5. The third-order valence-electron chi connectivity index (χ3n) is 11.5. The molecule has 0 aliphatic heterocycles. The minimum atomic E-state index is 0. The lowest BCUT2D eigenvalue weighted by molar-refractivity contribution is -0.138. The number of hydrogen-bond acceptors (Lipinski definition) is 2. The normalized spacial score (nSPS) is 43.1. The minimum Gasteiger partial charge on any atom is -0.352 e. The van der Waals surface area contributed by atoms with Crippen molar-refractivity contribution in [3.05, 3.63) is 0 Å². The van der Waals surface area contributed by atoms with Crippen molar-refractivity contribution in [1.82, 2.24) is 5.32 Å². The van der Waals surface area contributed by atoms with Crippen molar-refractivity contribution in [3.63, 3.8) is 0 Å². The maximum Gasteiger partial charge on any atom is 0.233 e. The second-order valence-electron chi connectivity index (χ2n) is 13.3. The molecule has 0 radical (unpaired) electrons. The highest BCUT2D eigenvalue weighted by molar-refractivity contribution is 5.85. The van der Waals surface area contributed by atoms with E-state index in [1.165, 1.54) is 70.6 Å². The lowest BCUT2D eigenvalue weighted by atomic mass is 9.43. The first kappa shape index (κ1) is 27.3. The Morgan fingerprint density at radius 1 is 0.970 bits per heavy atom. The summed E-state index contributed by atoms with van der Waals surface area (Å²) in [5.41, 5.74) is 6.52. The maximum atomic E-state index is 12.3. The molecule has 4 fully saturated rings. The molecule has 4 aliphatic rings. The van der Waals surface area contributed by atoms with Crippen LogP contribution in [0.15, 0.2) is 0 Å². The summed E-state index contributed by atoms with van der Waals surface area (Å²) in [6.45, 7) is 12.7. The molecule has 3 N–H and O–H groups in total. The first-order valence-corrected chi connectivity index (χ1v) is 14.2. The van der Waals surface area contributed by atoms with Gasteiger partial charge in [0.1, 0.15) is 0 Å². The number of nitrogens with one attached hydrogen (secondary N) is 1. The number of fused-ring (bicyclic) bond motifs is 5. The molecular formula is C29H53ClN2O. The lowest BCUT2D eigenvalue weighted by Crippen LogP contribution is -2.62. The number of nitrogens with two attached hydrogens (primary N) is 1. The molecule has 0 heterocycles. The Balaban J connectivity index is 0.00000306. The molecule has 0 bridgehead atoms. The fraction of sp³-hybridized carbons (Fsp3) is 0.966. The second-order valence-corrected chi connectivity index (χ2v) is 13.3. The summed E-state index contributed by atoms with van der Waals surface area (Å²) < 4.78 is 0. The van der Waals surface area contributed by atoms with Crippen LogP contribution in [0, 0.1) is 52.3 Å². The molecule has 3 nitrogen and oxygen atoms in total. The van der Waals surface area contributed by atoms with Crippen LogP contribution in [0.4, 0.5) is 0 Å². The van der Waals surface area contributed by atoms with Gasteiger partial charge in [0.15, 0.2) is 0 Å². The summed E-state index contributed by atoms with van der Waals surface area (Å²) in [4.78, 5) is 12.3. The van der Waals surface area contributed by atoms with E-state index in [9.17, 15) is 4.79 Å². The zero-order valence-electron chi connectivity index (χ0n) is 22.2. The molecule has 4 rings (SSSR count). The molecule has 192 valence electrons. The SMILES string of the molecule is CC(C)CCC[C@@H](C)[C@H]1CC[C@H]2[C@@H]3CCC4CCCC(NC(=O)CN)[C@]4(C)[C@H]3CC[C@]12C.Cl. The number of amides is 1. The van der Waals surface area contributed by atoms with Gasteiger partial charge in [0.2, 0.25) is 5.91 Å². The number of hydrogen-bond donors (Lipinski definition) is 2. The van der Waals surface area contributed by atoms with Crippen LogP contribution in [0.1, 0.15) is 112 Å². The number of carbonyl (C=O) groups is 1. The molecule has 0 saturated heterocycles. The van der Waals surface area contributed by atoms with Crippen molar-refractivity contribution in [1.29, 1.82) is 0 Å². The van der Waals surface area contributed by atoms with Crippen LogP contribution in [0.5, 0.6) is 0 Å². The lowest BCUT2D eigenvalue weighted by Gasteiger charge is -2.63. The van der Waals surface area contributed by atoms with Gasteiger partial charge >= 0.3 is 0 Å². The van der Waals surface area contributed by atoms with E-state index in [2.05, 4.69) is 39.9 Å². The third kappa shape index (κ3) is 4.89. The predicted octanol–water partition coefficient (Wildman–Crippen LogP) is 6.97. The molecule has 4 aliphatic carbocycles. The van der Waals surface area contributed by atoms with Crippen molar-refractivity contribution >= 4 is 18.3 Å². The Bertz CT molecular complexity index is 668. The van der Waals surface area contributed by atoms with Crippen LogP contribution in [0.3, 0.4) is 0 Å². The van der Waals surface area contributed by atoms with Crippen LogP contribution in [0.25, 0.3) is 0 Å². The fourth-order valence-electron chi connectivity index (χ4n) is 9.85. The summed E-state index contributed by atoms with van der Waals surface area (Å²) in [5.74, 6) is 6.04. The zero-order valence-corrected chi connectivity index (χ0v) is 23.0. The van der Waals surface area contributed by atoms with E-state index in [4.69, 9.17) is 5.73 Å². The van der Waals surface area contributed by atoms with Gasteiger partial charge in [-0.25, -0.2) is 0 Å². The number of carbonyl (C=O) groups excluding carboxylic acids is 1. The van der Waals surface area contributed by atoms with Crippen LogP contribution in [-0.4, -0.2) is 18.5 Å². The van der Waals surface area contributed by atoms with Crippen molar-refractivity contribution in [2.75, 3.05) is 6.54 Å². The van der Waals surface area contributed by atoms with Gasteiger partial charge in [-0.3, -0.25) is 4.79 Å². The van der Waals surface area contributed by atoms with Gasteiger partial charge in [-0.1, -0.05) is 60.3 Å². The van der Waals surface area contributed by atoms with Crippen molar-refractivity contribution < 1.29 is 4.79 Å². The van der Waals surface area contributed by atoms with Gasteiger partial charge in [0.25, 0.3) is 0 Å². The molecule has 0 aromatic carbocycles. The molecule has 4 heteroatoms. The molecule has 0 aromatic rings. The summed E-state index contributed by atoms with van der Waals surface area (Å²) in [6.07, 6.45) is 16.5. The quantitative estimate of drug-likeness (QED) is 0.413. The molecule has 4 saturated carbocycles. The van der Waals surface area contributed by atoms with Gasteiger partial charge in [-0.05, 0) is 104 Å². The third-order valence-corrected chi connectivity index (χ3v) is 11.5. The first-order chi connectivity index (χ1) is 15.2. The van der Waals surface area contributed by atoms with E-state index < -0.39 is 0 Å². The highest BCUT2D eigenvalue weighted by Crippen LogP contribution is 2.68. The van der Waals surface area contributed by atoms with Crippen LogP contribution >= 0.6 is 12.4 Å². The van der Waals surface area contributed by atoms with Gasteiger partial charge in [0, 0.05) is 6.04 Å². The Labute approximate surface area is 210 Å². The van der Waals surface area contributed by atoms with Gasteiger partial charge in [0.05, 0.1) is 6.54 Å². The summed E-state index contributed by atoms with van der Waals surface area (Å²) >= 11 is 0. The Kier molecular flexibility index (Phi) is 8.91. The fourth-order valence-corrected chi connectivity index (χ4v) is 9.85. The van der Waals surface area contributed by atoms with E-state index in [1.54, 1.807) is 0 Å². The average Bonchev–Trinajstić information content (AvgIpc) is 3.11. The minimum absolute atomic E-state index is 0. The van der Waals surface area contributed by atoms with E-state index in [0.29, 0.717) is 11.5 Å². The highest BCUT2D eigenvalue weighted by Gasteiger charge is 2.62. The first-order valence-electron chi connectivity index (χ1n) is 14.2. The smallest absolute Gasteiger partial charge is 0.233 e. The molecule has 2 unspecified atom stereocenters. The Morgan fingerprint density at radius 3 is 2.42 bits per heavy atom. The summed E-state index contributed by atoms with van der Waals surface area (Å²) in [7, 11) is 0. The van der Waals surface area contributed by atoms with Crippen molar-refractivity contribution in [2.45, 2.75) is 118 Å². The molecule has 0 spiro atoms. The van der Waals surface area contributed by atoms with E-state index in [0.717, 1.165) is 47.8 Å². The topological polar surface area (TPSA) is 55.1 Å². The average molecular weight is 481 g/mol. The molecule has 33 heavy (non-hydrogen) atoms. The predicted molar refractivity (Wildman–Crippen MR) is 141 cm³/mol. The zero-order chi connectivity index (χ0) is 23.1. The van der Waals surface area contributed by atoms with Crippen LogP contribution < -0.4 is 11.1 Å². The van der Waals surface area contributed by atoms with Crippen LogP contribution in [0.2, 0.25) is 0 Å². The summed E-state index contributed by atoms with van der Waals surface area (Å²) in [6, 6.07) is 0.335.